The summed E-state index contributed by atoms with van der Waals surface area (Å²) < 4.78 is 9.78. The highest BCUT2D eigenvalue weighted by atomic mass is 32.1. The molecule has 9 heteroatoms. The first-order valence-corrected chi connectivity index (χ1v) is 16.8. The number of ether oxygens (including phenoxy) is 1. The van der Waals surface area contributed by atoms with Crippen molar-refractivity contribution in [2.45, 2.75) is 79.2 Å². The van der Waals surface area contributed by atoms with E-state index in [4.69, 9.17) is 9.73 Å². The maximum absolute atomic E-state index is 14.2. The van der Waals surface area contributed by atoms with Gasteiger partial charge in [-0.05, 0) is 93.7 Å². The van der Waals surface area contributed by atoms with Gasteiger partial charge in [0.2, 0.25) is 0 Å². The highest BCUT2D eigenvalue weighted by molar-refractivity contribution is 7.15. The SMILES string of the molecule is CCOC(=O)C1=C(C)N=c2s/c(=C/c3cc(C)n(-c4sc5c(c4C#N)CCCC5)c3C)c(=O)n2C1c1ccc(C(C)C)cc1. The van der Waals surface area contributed by atoms with Gasteiger partial charge in [-0.15, -0.1) is 11.3 Å². The molecule has 44 heavy (non-hydrogen) atoms. The molecule has 1 atom stereocenters. The maximum atomic E-state index is 14.2. The van der Waals surface area contributed by atoms with Crippen molar-refractivity contribution in [3.05, 3.63) is 105 Å². The van der Waals surface area contributed by atoms with Crippen LogP contribution in [0, 0.1) is 25.2 Å². The number of nitriles is 1. The Labute approximate surface area is 265 Å². The molecule has 0 saturated heterocycles. The van der Waals surface area contributed by atoms with Gasteiger partial charge >= 0.3 is 5.97 Å². The number of hydrogen-bond donors (Lipinski definition) is 0. The lowest BCUT2D eigenvalue weighted by Crippen LogP contribution is -2.39. The molecule has 4 heterocycles. The Balaban J connectivity index is 1.50. The molecule has 3 aromatic heterocycles. The molecule has 1 unspecified atom stereocenters. The van der Waals surface area contributed by atoms with Crippen LogP contribution in [-0.4, -0.2) is 21.7 Å². The molecule has 4 aromatic rings. The van der Waals surface area contributed by atoms with E-state index in [-0.39, 0.29) is 12.2 Å². The number of carbonyl (C=O) groups excluding carboxylic acids is 1. The second-order valence-corrected chi connectivity index (χ2v) is 13.9. The number of fused-ring (bicyclic) bond motifs is 2. The first-order chi connectivity index (χ1) is 21.1. The Morgan fingerprint density at radius 2 is 1.89 bits per heavy atom. The van der Waals surface area contributed by atoms with Crippen LogP contribution in [0.3, 0.4) is 0 Å². The summed E-state index contributed by atoms with van der Waals surface area (Å²) in [6.45, 7) is 12.2. The van der Waals surface area contributed by atoms with Crippen LogP contribution in [0.1, 0.15) is 96.6 Å². The third-order valence-corrected chi connectivity index (χ3v) is 10.9. The quantitative estimate of drug-likeness (QED) is 0.241. The van der Waals surface area contributed by atoms with Crippen LogP contribution in [0.5, 0.6) is 0 Å². The van der Waals surface area contributed by atoms with E-state index in [9.17, 15) is 14.9 Å². The summed E-state index contributed by atoms with van der Waals surface area (Å²) in [6.07, 6.45) is 6.18. The molecule has 1 aliphatic heterocycles. The number of benzene rings is 1. The lowest BCUT2D eigenvalue weighted by atomic mass is 9.93. The Kier molecular flexibility index (Phi) is 8.08. The molecule has 0 saturated carbocycles. The predicted octanol–water partition coefficient (Wildman–Crippen LogP) is 6.14. The minimum atomic E-state index is -0.642. The molecule has 1 aromatic carbocycles. The van der Waals surface area contributed by atoms with Gasteiger partial charge in [0.05, 0.1) is 34.0 Å². The molecule has 2 aliphatic rings. The zero-order valence-corrected chi connectivity index (χ0v) is 27.6. The maximum Gasteiger partial charge on any atom is 0.338 e. The van der Waals surface area contributed by atoms with E-state index in [0.717, 1.165) is 58.8 Å². The molecular formula is C35H36N4O3S2. The van der Waals surface area contributed by atoms with Gasteiger partial charge in [0.25, 0.3) is 5.56 Å². The van der Waals surface area contributed by atoms with Crippen LogP contribution in [0.15, 0.2) is 51.4 Å². The number of allylic oxidation sites excluding steroid dienone is 1. The van der Waals surface area contributed by atoms with E-state index in [1.54, 1.807) is 29.8 Å². The summed E-state index contributed by atoms with van der Waals surface area (Å²) in [4.78, 5) is 34.0. The fourth-order valence-electron chi connectivity index (χ4n) is 6.38. The smallest absolute Gasteiger partial charge is 0.338 e. The summed E-state index contributed by atoms with van der Waals surface area (Å²) in [6, 6.07) is 12.0. The molecule has 0 fully saturated rings. The molecule has 0 amide bonds. The molecule has 0 radical (unpaired) electrons. The van der Waals surface area contributed by atoms with Gasteiger partial charge in [-0.25, -0.2) is 9.79 Å². The highest BCUT2D eigenvalue weighted by Gasteiger charge is 2.33. The van der Waals surface area contributed by atoms with Crippen molar-refractivity contribution < 1.29 is 9.53 Å². The summed E-state index contributed by atoms with van der Waals surface area (Å²) in [5.41, 5.74) is 7.65. The molecular weight excluding hydrogens is 589 g/mol. The predicted molar refractivity (Wildman–Crippen MR) is 175 cm³/mol. The summed E-state index contributed by atoms with van der Waals surface area (Å²) in [5, 5.41) is 11.1. The lowest BCUT2D eigenvalue weighted by molar-refractivity contribution is -0.139. The molecule has 0 bridgehead atoms. The molecule has 0 N–H and O–H groups in total. The fraction of sp³-hybridized carbons (Fsp3) is 0.371. The Bertz CT molecular complexity index is 2050. The topological polar surface area (TPSA) is 89.4 Å². The monoisotopic (exact) mass is 624 g/mol. The van der Waals surface area contributed by atoms with Crippen LogP contribution in [0.4, 0.5) is 0 Å². The fourth-order valence-corrected chi connectivity index (χ4v) is 8.87. The summed E-state index contributed by atoms with van der Waals surface area (Å²) >= 11 is 3.05. The van der Waals surface area contributed by atoms with Gasteiger partial charge in [-0.2, -0.15) is 5.26 Å². The van der Waals surface area contributed by atoms with Crippen molar-refractivity contribution in [2.75, 3.05) is 6.61 Å². The van der Waals surface area contributed by atoms with E-state index >= 15 is 0 Å². The van der Waals surface area contributed by atoms with E-state index in [0.29, 0.717) is 26.5 Å². The van der Waals surface area contributed by atoms with Crippen LogP contribution in [-0.2, 0) is 22.4 Å². The van der Waals surface area contributed by atoms with E-state index in [1.807, 2.05) is 32.1 Å². The van der Waals surface area contributed by atoms with Gasteiger partial charge in [0, 0.05) is 16.3 Å². The molecule has 1 aliphatic carbocycles. The standard InChI is InChI=1S/C35H36N4O3S2/c1-7-42-34(41)30-21(5)37-35-39(31(30)24-14-12-23(13-15-24)19(2)3)32(40)29(44-35)17-25-16-20(4)38(22(25)6)33-27(18-36)26-10-8-9-11-28(26)43-33/h12-17,19,31H,7-11H2,1-6H3/b29-17+. The number of hydrogen-bond acceptors (Lipinski definition) is 7. The molecule has 0 spiro atoms. The Morgan fingerprint density at radius 1 is 1.16 bits per heavy atom. The average Bonchev–Trinajstić information content (AvgIpc) is 3.61. The number of rotatable bonds is 6. The lowest BCUT2D eigenvalue weighted by Gasteiger charge is -2.25. The van der Waals surface area contributed by atoms with Crippen LogP contribution in [0.25, 0.3) is 11.1 Å². The van der Waals surface area contributed by atoms with Gasteiger partial charge in [0.1, 0.15) is 11.1 Å². The Morgan fingerprint density at radius 3 is 2.57 bits per heavy atom. The number of nitrogens with zero attached hydrogens (tertiary/aromatic N) is 4. The van der Waals surface area contributed by atoms with Gasteiger partial charge < -0.3 is 9.30 Å². The first kappa shape index (κ1) is 30.0. The number of esters is 1. The van der Waals surface area contributed by atoms with E-state index < -0.39 is 12.0 Å². The van der Waals surface area contributed by atoms with Crippen molar-refractivity contribution in [2.24, 2.45) is 4.99 Å². The number of aryl methyl sites for hydroxylation is 2. The van der Waals surface area contributed by atoms with Crippen molar-refractivity contribution in [3.8, 4) is 11.1 Å². The van der Waals surface area contributed by atoms with E-state index in [1.165, 1.54) is 27.3 Å². The number of thiazole rings is 1. The number of thiophene rings is 1. The van der Waals surface area contributed by atoms with Crippen LogP contribution in [0.2, 0.25) is 0 Å². The van der Waals surface area contributed by atoms with Crippen molar-refractivity contribution in [1.82, 2.24) is 9.13 Å². The minimum Gasteiger partial charge on any atom is -0.463 e. The van der Waals surface area contributed by atoms with Gasteiger partial charge in [-0.3, -0.25) is 9.36 Å². The largest absolute Gasteiger partial charge is 0.463 e. The van der Waals surface area contributed by atoms with Gasteiger partial charge in [0.15, 0.2) is 4.80 Å². The third kappa shape index (κ3) is 5.00. The summed E-state index contributed by atoms with van der Waals surface area (Å²) in [5.74, 6) is -0.104. The normalized spacial score (nSPS) is 16.5. The molecule has 226 valence electrons. The number of aromatic nitrogens is 2. The van der Waals surface area contributed by atoms with Crippen molar-refractivity contribution >= 4 is 34.7 Å². The van der Waals surface area contributed by atoms with Gasteiger partial charge in [-0.1, -0.05) is 49.4 Å². The van der Waals surface area contributed by atoms with Crippen LogP contribution >= 0.6 is 22.7 Å². The summed E-state index contributed by atoms with van der Waals surface area (Å²) in [7, 11) is 0. The highest BCUT2D eigenvalue weighted by Crippen LogP contribution is 2.38. The van der Waals surface area contributed by atoms with Crippen LogP contribution < -0.4 is 14.9 Å². The zero-order chi connectivity index (χ0) is 31.3. The minimum absolute atomic E-state index is 0.199. The number of carbonyl (C=O) groups is 1. The molecule has 7 nitrogen and oxygen atoms in total. The van der Waals surface area contributed by atoms with Crippen molar-refractivity contribution in [3.63, 3.8) is 0 Å². The second-order valence-electron chi connectivity index (χ2n) is 11.8. The average molecular weight is 625 g/mol. The van der Waals surface area contributed by atoms with E-state index in [2.05, 4.69) is 42.7 Å². The van der Waals surface area contributed by atoms with Crippen molar-refractivity contribution in [1.29, 1.82) is 5.26 Å². The zero-order valence-electron chi connectivity index (χ0n) is 26.0. The third-order valence-electron chi connectivity index (χ3n) is 8.66. The molecule has 6 rings (SSSR count). The second kappa shape index (κ2) is 11.8. The first-order valence-electron chi connectivity index (χ1n) is 15.2. The Hall–Kier alpha value is -4.00.